The highest BCUT2D eigenvalue weighted by Crippen LogP contribution is 2.50. The summed E-state index contributed by atoms with van der Waals surface area (Å²) in [4.78, 5) is 18.9. The molecule has 0 amide bonds. The average molecular weight is 358 g/mol. The smallest absolute Gasteiger partial charge is 0.315 e. The number of fused-ring (bicyclic) bond motifs is 3. The molecular weight excluding hydrogens is 344 g/mol. The van der Waals surface area contributed by atoms with Crippen molar-refractivity contribution in [2.75, 3.05) is 4.90 Å². The van der Waals surface area contributed by atoms with Crippen LogP contribution >= 0.6 is 11.3 Å². The van der Waals surface area contributed by atoms with Crippen LogP contribution in [-0.4, -0.2) is 16.1 Å². The minimum Gasteiger partial charge on any atom is -0.481 e. The maximum absolute atomic E-state index is 12.0. The topological polar surface area (TPSA) is 53.4 Å². The Morgan fingerprint density at radius 1 is 0.885 bits per heavy atom. The molecule has 3 aromatic carbocycles. The standard InChI is InChI=1S/C21H14N2O2S/c24-20(25)19-13-7-1-4-10-16(13)23(17-11-5-2-8-14(17)19)21-22-15-9-3-6-12-18(15)26-21/h1-12,19H,(H,24,25). The number of carboxylic acids is 1. The van der Waals surface area contributed by atoms with Gasteiger partial charge in [-0.2, -0.15) is 0 Å². The summed E-state index contributed by atoms with van der Waals surface area (Å²) in [6.45, 7) is 0. The van der Waals surface area contributed by atoms with Crippen LogP contribution in [0.2, 0.25) is 0 Å². The molecule has 126 valence electrons. The van der Waals surface area contributed by atoms with Gasteiger partial charge in [0.1, 0.15) is 5.92 Å². The van der Waals surface area contributed by atoms with Gasteiger partial charge in [0.05, 0.1) is 21.6 Å². The van der Waals surface area contributed by atoms with Gasteiger partial charge < -0.3 is 5.11 Å². The molecule has 26 heavy (non-hydrogen) atoms. The Labute approximate surface area is 154 Å². The first-order valence-electron chi connectivity index (χ1n) is 8.30. The molecule has 0 aliphatic carbocycles. The molecule has 0 atom stereocenters. The number of para-hydroxylation sites is 3. The van der Waals surface area contributed by atoms with Crippen LogP contribution < -0.4 is 4.90 Å². The van der Waals surface area contributed by atoms with Crippen LogP contribution in [0, 0.1) is 0 Å². The highest BCUT2D eigenvalue weighted by Gasteiger charge is 2.36. The second-order valence-electron chi connectivity index (χ2n) is 6.19. The molecule has 1 aliphatic rings. The van der Waals surface area contributed by atoms with Gasteiger partial charge in [-0.1, -0.05) is 59.9 Å². The Hall–Kier alpha value is -3.18. The zero-order chi connectivity index (χ0) is 17.7. The number of carbonyl (C=O) groups is 1. The van der Waals surface area contributed by atoms with E-state index in [4.69, 9.17) is 4.98 Å². The molecule has 0 saturated heterocycles. The van der Waals surface area contributed by atoms with Crippen molar-refractivity contribution in [2.24, 2.45) is 0 Å². The van der Waals surface area contributed by atoms with E-state index in [2.05, 4.69) is 11.0 Å². The van der Waals surface area contributed by atoms with Crippen molar-refractivity contribution in [3.63, 3.8) is 0 Å². The van der Waals surface area contributed by atoms with E-state index >= 15 is 0 Å². The fraction of sp³-hybridized carbons (Fsp3) is 0.0476. The highest BCUT2D eigenvalue weighted by molar-refractivity contribution is 7.22. The molecule has 1 aliphatic heterocycles. The number of aromatic nitrogens is 1. The molecule has 1 aromatic heterocycles. The third-order valence-electron chi connectivity index (χ3n) is 4.70. The van der Waals surface area contributed by atoms with Crippen molar-refractivity contribution >= 4 is 44.0 Å². The van der Waals surface area contributed by atoms with Gasteiger partial charge in [-0.25, -0.2) is 4.98 Å². The van der Waals surface area contributed by atoms with E-state index in [1.165, 1.54) is 0 Å². The van der Waals surface area contributed by atoms with Crippen LogP contribution in [0.15, 0.2) is 72.8 Å². The van der Waals surface area contributed by atoms with Crippen molar-refractivity contribution in [1.82, 2.24) is 4.98 Å². The van der Waals surface area contributed by atoms with Crippen LogP contribution in [-0.2, 0) is 4.79 Å². The molecular formula is C21H14N2O2S. The van der Waals surface area contributed by atoms with Crippen molar-refractivity contribution in [3.05, 3.63) is 83.9 Å². The Morgan fingerprint density at radius 2 is 1.46 bits per heavy atom. The van der Waals surface area contributed by atoms with Crippen molar-refractivity contribution < 1.29 is 9.90 Å². The molecule has 0 bridgehead atoms. The van der Waals surface area contributed by atoms with E-state index in [1.807, 2.05) is 66.7 Å². The molecule has 5 heteroatoms. The SMILES string of the molecule is O=C(O)C1c2ccccc2N(c2nc3ccccc3s2)c2ccccc21. The van der Waals surface area contributed by atoms with E-state index in [-0.39, 0.29) is 0 Å². The lowest BCUT2D eigenvalue weighted by atomic mass is 9.85. The van der Waals surface area contributed by atoms with Gasteiger partial charge in [-0.05, 0) is 35.4 Å². The molecule has 0 unspecified atom stereocenters. The van der Waals surface area contributed by atoms with Crippen molar-refractivity contribution in [1.29, 1.82) is 0 Å². The summed E-state index contributed by atoms with van der Waals surface area (Å²) in [6, 6.07) is 23.4. The first-order chi connectivity index (χ1) is 12.7. The normalized spacial score (nSPS) is 13.5. The summed E-state index contributed by atoms with van der Waals surface area (Å²) in [5.41, 5.74) is 4.27. The van der Waals surface area contributed by atoms with Crippen LogP contribution in [0.5, 0.6) is 0 Å². The third kappa shape index (κ3) is 2.14. The van der Waals surface area contributed by atoms with Crippen LogP contribution in [0.3, 0.4) is 0 Å². The Kier molecular flexibility index (Phi) is 3.30. The molecule has 5 rings (SSSR count). The van der Waals surface area contributed by atoms with Gasteiger partial charge in [0.25, 0.3) is 0 Å². The molecule has 2 heterocycles. The van der Waals surface area contributed by atoms with Crippen LogP contribution in [0.25, 0.3) is 10.2 Å². The van der Waals surface area contributed by atoms with Gasteiger partial charge in [0.2, 0.25) is 0 Å². The summed E-state index contributed by atoms with van der Waals surface area (Å²) < 4.78 is 1.11. The first kappa shape index (κ1) is 15.1. The van der Waals surface area contributed by atoms with Crippen LogP contribution in [0.1, 0.15) is 17.0 Å². The predicted molar refractivity (Wildman–Crippen MR) is 104 cm³/mol. The maximum atomic E-state index is 12.0. The number of rotatable bonds is 2. The number of anilines is 3. The summed E-state index contributed by atoms with van der Waals surface area (Å²) in [6.07, 6.45) is 0. The number of hydrogen-bond acceptors (Lipinski definition) is 4. The van der Waals surface area contributed by atoms with Gasteiger partial charge in [-0.15, -0.1) is 0 Å². The van der Waals surface area contributed by atoms with Gasteiger partial charge in [0.15, 0.2) is 5.13 Å². The summed E-state index contributed by atoms with van der Waals surface area (Å²) in [5, 5.41) is 10.7. The van der Waals surface area contributed by atoms with Crippen molar-refractivity contribution in [3.8, 4) is 0 Å². The Bertz CT molecular complexity index is 1070. The van der Waals surface area contributed by atoms with E-state index < -0.39 is 11.9 Å². The fourth-order valence-corrected chi connectivity index (χ4v) is 4.59. The van der Waals surface area contributed by atoms with Crippen molar-refractivity contribution in [2.45, 2.75) is 5.92 Å². The van der Waals surface area contributed by atoms with Gasteiger partial charge in [0, 0.05) is 0 Å². The molecule has 4 aromatic rings. The summed E-state index contributed by atoms with van der Waals surface area (Å²) in [5.74, 6) is -1.51. The average Bonchev–Trinajstić information content (AvgIpc) is 3.09. The second-order valence-corrected chi connectivity index (χ2v) is 7.20. The molecule has 4 nitrogen and oxygen atoms in total. The number of thiazole rings is 1. The number of carboxylic acid groups (broad SMARTS) is 1. The van der Waals surface area contributed by atoms with Crippen LogP contribution in [0.4, 0.5) is 16.5 Å². The first-order valence-corrected chi connectivity index (χ1v) is 9.12. The van der Waals surface area contributed by atoms with E-state index in [1.54, 1.807) is 11.3 Å². The molecule has 0 fully saturated rings. The zero-order valence-corrected chi connectivity index (χ0v) is 14.5. The Morgan fingerprint density at radius 3 is 2.08 bits per heavy atom. The minimum atomic E-state index is -0.839. The van der Waals surface area contributed by atoms with Gasteiger partial charge >= 0.3 is 5.97 Å². The number of hydrogen-bond donors (Lipinski definition) is 1. The lowest BCUT2D eigenvalue weighted by Crippen LogP contribution is -2.25. The lowest BCUT2D eigenvalue weighted by Gasteiger charge is -2.34. The van der Waals surface area contributed by atoms with E-state index in [0.29, 0.717) is 0 Å². The number of nitrogens with zero attached hydrogens (tertiary/aromatic N) is 2. The van der Waals surface area contributed by atoms with E-state index in [0.717, 1.165) is 37.8 Å². The fourth-order valence-electron chi connectivity index (χ4n) is 3.60. The largest absolute Gasteiger partial charge is 0.481 e. The third-order valence-corrected chi connectivity index (χ3v) is 5.72. The number of benzene rings is 3. The predicted octanol–water partition coefficient (Wildman–Crippen LogP) is 5.30. The highest BCUT2D eigenvalue weighted by atomic mass is 32.1. The second kappa shape index (κ2) is 5.68. The monoisotopic (exact) mass is 358 g/mol. The zero-order valence-electron chi connectivity index (χ0n) is 13.7. The summed E-state index contributed by atoms with van der Waals surface area (Å²) in [7, 11) is 0. The number of aliphatic carboxylic acids is 1. The molecule has 0 radical (unpaired) electrons. The molecule has 0 spiro atoms. The summed E-state index contributed by atoms with van der Waals surface area (Å²) >= 11 is 1.61. The quantitative estimate of drug-likeness (QED) is 0.528. The van der Waals surface area contributed by atoms with E-state index in [9.17, 15) is 9.90 Å². The molecule has 1 N–H and O–H groups in total. The maximum Gasteiger partial charge on any atom is 0.315 e. The van der Waals surface area contributed by atoms with Gasteiger partial charge in [-0.3, -0.25) is 9.69 Å². The Balaban J connectivity index is 1.81. The molecule has 0 saturated carbocycles. The minimum absolute atomic E-state index is 0.673. The lowest BCUT2D eigenvalue weighted by molar-refractivity contribution is -0.137.